The van der Waals surface area contributed by atoms with E-state index in [4.69, 9.17) is 0 Å². The minimum atomic E-state index is -0.157. The molecule has 1 aliphatic carbocycles. The van der Waals surface area contributed by atoms with Crippen LogP contribution in [0.3, 0.4) is 0 Å². The highest BCUT2D eigenvalue weighted by molar-refractivity contribution is 7.09. The van der Waals surface area contributed by atoms with Crippen molar-refractivity contribution in [2.75, 3.05) is 0 Å². The molecule has 2 aromatic heterocycles. The Labute approximate surface area is 76.8 Å². The van der Waals surface area contributed by atoms with Gasteiger partial charge >= 0.3 is 0 Å². The van der Waals surface area contributed by atoms with Crippen molar-refractivity contribution in [3.8, 4) is 0 Å². The highest BCUT2D eigenvalue weighted by Crippen LogP contribution is 2.35. The molecule has 2 aromatic rings. The normalized spacial score (nSPS) is 14.5. The fraction of sp³-hybridized carbons (Fsp3) is 0. The van der Waals surface area contributed by atoms with Crippen molar-refractivity contribution in [1.82, 2.24) is 9.97 Å². The number of nitrogens with zero attached hydrogens (tertiary/aromatic N) is 2. The first-order chi connectivity index (χ1) is 6.27. The fourth-order valence-corrected chi connectivity index (χ4v) is 1.96. The summed E-state index contributed by atoms with van der Waals surface area (Å²) in [5.41, 5.74) is 2.29. The van der Waals surface area contributed by atoms with Gasteiger partial charge in [0.2, 0.25) is 0 Å². The Hall–Kier alpha value is -1.62. The van der Waals surface area contributed by atoms with Gasteiger partial charge in [-0.05, 0) is 0 Å². The molecular formula is C8H4N2O2S. The molecule has 2 N–H and O–H groups in total. The molecular weight excluding hydrogens is 188 g/mol. The van der Waals surface area contributed by atoms with Crippen molar-refractivity contribution < 1.29 is 10.2 Å². The highest BCUT2D eigenvalue weighted by Gasteiger charge is 2.29. The zero-order valence-electron chi connectivity index (χ0n) is 6.35. The van der Waals surface area contributed by atoms with E-state index in [1.54, 1.807) is 0 Å². The molecule has 1 aliphatic rings. The van der Waals surface area contributed by atoms with E-state index < -0.39 is 0 Å². The van der Waals surface area contributed by atoms with Gasteiger partial charge in [0.25, 0.3) is 0 Å². The van der Waals surface area contributed by atoms with Crippen molar-refractivity contribution in [3.05, 3.63) is 22.1 Å². The van der Waals surface area contributed by atoms with Crippen LogP contribution in [0.4, 0.5) is 0 Å². The zero-order chi connectivity index (χ0) is 9.00. The SMILES string of the molecule is OC1=C(O)c2nc3cscc3nc21. The maximum Gasteiger partial charge on any atom is 0.188 e. The minimum Gasteiger partial charge on any atom is -0.503 e. The number of thiophene rings is 1. The molecule has 0 saturated heterocycles. The Morgan fingerprint density at radius 1 is 0.923 bits per heavy atom. The number of aliphatic hydroxyl groups excluding tert-OH is 2. The summed E-state index contributed by atoms with van der Waals surface area (Å²) < 4.78 is 0. The van der Waals surface area contributed by atoms with Gasteiger partial charge in [-0.25, -0.2) is 9.97 Å². The fourth-order valence-electron chi connectivity index (χ4n) is 1.29. The summed E-state index contributed by atoms with van der Waals surface area (Å²) in [6, 6.07) is 0. The third-order valence-corrected chi connectivity index (χ3v) is 2.70. The molecule has 0 atom stereocenters. The van der Waals surface area contributed by atoms with Crippen molar-refractivity contribution in [2.45, 2.75) is 0 Å². The summed E-state index contributed by atoms with van der Waals surface area (Å²) in [6.07, 6.45) is 0. The van der Waals surface area contributed by atoms with Crippen molar-refractivity contribution in [2.24, 2.45) is 0 Å². The van der Waals surface area contributed by atoms with Crippen LogP contribution in [0.1, 0.15) is 11.4 Å². The molecule has 13 heavy (non-hydrogen) atoms. The summed E-state index contributed by atoms with van der Waals surface area (Å²) in [4.78, 5) is 8.27. The highest BCUT2D eigenvalue weighted by atomic mass is 32.1. The van der Waals surface area contributed by atoms with E-state index in [1.165, 1.54) is 11.3 Å². The number of aliphatic hydroxyl groups is 2. The summed E-state index contributed by atoms with van der Waals surface area (Å²) in [5, 5.41) is 22.1. The first-order valence-corrected chi connectivity index (χ1v) is 4.58. The van der Waals surface area contributed by atoms with Crippen LogP contribution in [0, 0.1) is 0 Å². The van der Waals surface area contributed by atoms with Gasteiger partial charge in [-0.1, -0.05) is 0 Å². The molecule has 0 aromatic carbocycles. The number of fused-ring (bicyclic) bond motifs is 2. The van der Waals surface area contributed by atoms with E-state index in [2.05, 4.69) is 9.97 Å². The number of hydrogen-bond acceptors (Lipinski definition) is 5. The van der Waals surface area contributed by atoms with E-state index in [0.717, 1.165) is 11.0 Å². The van der Waals surface area contributed by atoms with Crippen LogP contribution in [-0.4, -0.2) is 20.2 Å². The molecule has 5 heteroatoms. The van der Waals surface area contributed by atoms with E-state index in [1.807, 2.05) is 10.8 Å². The van der Waals surface area contributed by atoms with Crippen molar-refractivity contribution in [1.29, 1.82) is 0 Å². The minimum absolute atomic E-state index is 0.157. The van der Waals surface area contributed by atoms with Crippen LogP contribution in [0.5, 0.6) is 0 Å². The molecule has 0 aliphatic heterocycles. The van der Waals surface area contributed by atoms with Crippen LogP contribution in [0.2, 0.25) is 0 Å². The zero-order valence-corrected chi connectivity index (χ0v) is 7.17. The lowest BCUT2D eigenvalue weighted by Gasteiger charge is -2.15. The molecule has 0 saturated carbocycles. The van der Waals surface area contributed by atoms with Crippen LogP contribution in [0.15, 0.2) is 10.8 Å². The Morgan fingerprint density at radius 3 is 1.85 bits per heavy atom. The standard InChI is InChI=1S/C8H4N2O2S/c11-7-5-6(8(7)12)10-4-2-13-1-3(4)9-5/h1-2,11-12H. The topological polar surface area (TPSA) is 66.2 Å². The van der Waals surface area contributed by atoms with Gasteiger partial charge in [-0.2, -0.15) is 0 Å². The summed E-state index contributed by atoms with van der Waals surface area (Å²) in [7, 11) is 0. The van der Waals surface area contributed by atoms with Gasteiger partial charge in [-0.3, -0.25) is 0 Å². The molecule has 0 radical (unpaired) electrons. The molecule has 0 fully saturated rings. The third-order valence-electron chi connectivity index (χ3n) is 1.98. The predicted molar refractivity (Wildman–Crippen MR) is 49.5 cm³/mol. The lowest BCUT2D eigenvalue weighted by atomic mass is 10.1. The maximum atomic E-state index is 9.20. The van der Waals surface area contributed by atoms with Crippen LogP contribution >= 0.6 is 11.3 Å². The van der Waals surface area contributed by atoms with Crippen LogP contribution < -0.4 is 0 Å². The van der Waals surface area contributed by atoms with Gasteiger partial charge in [0.05, 0.1) is 0 Å². The third kappa shape index (κ3) is 0.695. The Bertz CT molecular complexity index is 498. The Morgan fingerprint density at radius 2 is 1.38 bits per heavy atom. The molecule has 0 unspecified atom stereocenters. The van der Waals surface area contributed by atoms with Crippen molar-refractivity contribution >= 4 is 33.9 Å². The molecule has 2 heterocycles. The molecule has 0 amide bonds. The van der Waals surface area contributed by atoms with Gasteiger partial charge in [-0.15, -0.1) is 11.3 Å². The quantitative estimate of drug-likeness (QED) is 0.669. The second-order valence-corrected chi connectivity index (χ2v) is 3.50. The van der Waals surface area contributed by atoms with Crippen LogP contribution in [-0.2, 0) is 0 Å². The smallest absolute Gasteiger partial charge is 0.188 e. The summed E-state index contributed by atoms with van der Waals surface area (Å²) in [6.45, 7) is 0. The lowest BCUT2D eigenvalue weighted by Crippen LogP contribution is -2.10. The average Bonchev–Trinajstić information content (AvgIpc) is 2.61. The Balaban J connectivity index is 2.39. The van der Waals surface area contributed by atoms with E-state index in [-0.39, 0.29) is 11.5 Å². The lowest BCUT2D eigenvalue weighted by molar-refractivity contribution is 0.440. The predicted octanol–water partition coefficient (Wildman–Crippen LogP) is 1.95. The molecule has 3 rings (SSSR count). The van der Waals surface area contributed by atoms with Gasteiger partial charge in [0.1, 0.15) is 22.4 Å². The molecule has 4 nitrogen and oxygen atoms in total. The second-order valence-electron chi connectivity index (χ2n) is 2.76. The van der Waals surface area contributed by atoms with Crippen LogP contribution in [0.25, 0.3) is 22.6 Å². The second kappa shape index (κ2) is 2.00. The Kier molecular flexibility index (Phi) is 1.05. The monoisotopic (exact) mass is 192 g/mol. The van der Waals surface area contributed by atoms with Crippen molar-refractivity contribution in [3.63, 3.8) is 0 Å². The largest absolute Gasteiger partial charge is 0.503 e. The average molecular weight is 192 g/mol. The number of aromatic nitrogens is 2. The van der Waals surface area contributed by atoms with Gasteiger partial charge in [0, 0.05) is 10.8 Å². The number of rotatable bonds is 0. The summed E-state index contributed by atoms with van der Waals surface area (Å²) in [5.74, 6) is -0.314. The first-order valence-electron chi connectivity index (χ1n) is 3.64. The maximum absolute atomic E-state index is 9.20. The molecule has 64 valence electrons. The number of hydrogen-bond donors (Lipinski definition) is 2. The first kappa shape index (κ1) is 6.85. The molecule has 0 bridgehead atoms. The molecule has 0 spiro atoms. The van der Waals surface area contributed by atoms with E-state index >= 15 is 0 Å². The summed E-state index contributed by atoms with van der Waals surface area (Å²) >= 11 is 1.49. The van der Waals surface area contributed by atoms with E-state index in [0.29, 0.717) is 11.4 Å². The van der Waals surface area contributed by atoms with Gasteiger partial charge < -0.3 is 10.2 Å². The van der Waals surface area contributed by atoms with Gasteiger partial charge in [0.15, 0.2) is 11.5 Å². The van der Waals surface area contributed by atoms with E-state index in [9.17, 15) is 10.2 Å².